The average Bonchev–Trinajstić information content (AvgIpc) is 2.04. The molecule has 1 radical (unpaired) electrons. The van der Waals surface area contributed by atoms with Crippen LogP contribution in [0.3, 0.4) is 0 Å². The molecule has 1 aromatic rings. The van der Waals surface area contributed by atoms with Crippen molar-refractivity contribution in [1.82, 2.24) is 0 Å². The second-order valence-electron chi connectivity index (χ2n) is 2.57. The van der Waals surface area contributed by atoms with E-state index >= 15 is 0 Å². The minimum Gasteiger partial charge on any atom is -0.222 e. The Labute approximate surface area is 134 Å². The second-order valence-corrected chi connectivity index (χ2v) is 11.1. The van der Waals surface area contributed by atoms with Crippen LogP contribution in [0.25, 0.3) is 0 Å². The Hall–Kier alpha value is 1.63. The van der Waals surface area contributed by atoms with Crippen LogP contribution in [0.1, 0.15) is 5.56 Å². The van der Waals surface area contributed by atoms with E-state index in [-0.39, 0.29) is 29.6 Å². The number of benzene rings is 1. The molecular formula is C8H8I2NaO2S. The molecule has 0 aliphatic heterocycles. The van der Waals surface area contributed by atoms with Gasteiger partial charge in [-0.2, -0.15) is 0 Å². The van der Waals surface area contributed by atoms with Crippen LogP contribution in [0, 0.1) is 6.92 Å². The molecule has 0 atom stereocenters. The van der Waals surface area contributed by atoms with Crippen molar-refractivity contribution in [2.24, 2.45) is 0 Å². The van der Waals surface area contributed by atoms with E-state index in [0.717, 1.165) is 5.56 Å². The molecule has 0 aliphatic carbocycles. The maximum absolute atomic E-state index is 11.7. The molecule has 0 spiro atoms. The van der Waals surface area contributed by atoms with Gasteiger partial charge < -0.3 is 0 Å². The van der Waals surface area contributed by atoms with Crippen LogP contribution >= 0.6 is 45.2 Å². The SMILES string of the molecule is Cc1ccccc1S(=O)(=O)C(I)I.[Na]. The Morgan fingerprint density at radius 3 is 2.14 bits per heavy atom. The van der Waals surface area contributed by atoms with Crippen LogP contribution in [0.2, 0.25) is 0 Å². The molecule has 1 aromatic carbocycles. The summed E-state index contributed by atoms with van der Waals surface area (Å²) in [5, 5.41) is 0. The van der Waals surface area contributed by atoms with Gasteiger partial charge in [0.05, 0.1) is 4.90 Å². The van der Waals surface area contributed by atoms with E-state index < -0.39 is 11.1 Å². The van der Waals surface area contributed by atoms with E-state index in [1.807, 2.05) is 64.2 Å². The molecule has 0 aromatic heterocycles. The minimum atomic E-state index is -3.13. The molecule has 0 saturated carbocycles. The van der Waals surface area contributed by atoms with Gasteiger partial charge in [-0.1, -0.05) is 63.4 Å². The molecule has 6 heteroatoms. The van der Waals surface area contributed by atoms with Crippen LogP contribution in [-0.2, 0) is 9.84 Å². The summed E-state index contributed by atoms with van der Waals surface area (Å²) < 4.78 is 23.1. The van der Waals surface area contributed by atoms with Crippen molar-refractivity contribution in [3.8, 4) is 0 Å². The third kappa shape index (κ3) is 3.58. The monoisotopic (exact) mass is 445 g/mol. The number of alkyl halides is 2. The van der Waals surface area contributed by atoms with Gasteiger partial charge in [0, 0.05) is 29.6 Å². The number of rotatable bonds is 2. The first-order valence-electron chi connectivity index (χ1n) is 3.54. The Morgan fingerprint density at radius 1 is 1.21 bits per heavy atom. The third-order valence-corrected chi connectivity index (χ3v) is 7.19. The molecule has 0 heterocycles. The number of halogens is 2. The summed E-state index contributed by atoms with van der Waals surface area (Å²) in [7, 11) is -3.13. The molecule has 0 saturated heterocycles. The fourth-order valence-electron chi connectivity index (χ4n) is 0.972. The number of hydrogen-bond acceptors (Lipinski definition) is 2. The summed E-state index contributed by atoms with van der Waals surface area (Å²) in [5.41, 5.74) is 0.806. The standard InChI is InChI=1S/C8H8I2O2S.Na/c1-6-4-2-3-5-7(6)13(11,12)8(9)10;/h2-5,8H,1H3;. The topological polar surface area (TPSA) is 34.1 Å². The van der Waals surface area contributed by atoms with Crippen molar-refractivity contribution in [3.63, 3.8) is 0 Å². The second kappa shape index (κ2) is 6.39. The first kappa shape index (κ1) is 15.6. The molecular weight excluding hydrogens is 437 g/mol. The fraction of sp³-hybridized carbons (Fsp3) is 0.250. The average molecular weight is 445 g/mol. The van der Waals surface area contributed by atoms with Crippen LogP contribution in [0.5, 0.6) is 0 Å². The summed E-state index contributed by atoms with van der Waals surface area (Å²) in [6.07, 6.45) is 0. The molecule has 0 unspecified atom stereocenters. The van der Waals surface area contributed by atoms with Crippen LogP contribution in [-0.4, -0.2) is 39.2 Å². The van der Waals surface area contributed by atoms with Crippen LogP contribution in [0.4, 0.5) is 0 Å². The van der Waals surface area contributed by atoms with Crippen molar-refractivity contribution in [2.75, 3.05) is 0 Å². The Morgan fingerprint density at radius 2 is 1.71 bits per heavy atom. The molecule has 0 bridgehead atoms. The van der Waals surface area contributed by atoms with Crippen molar-refractivity contribution in [3.05, 3.63) is 29.8 Å². The van der Waals surface area contributed by atoms with Gasteiger partial charge in [0.1, 0.15) is 0 Å². The predicted molar refractivity (Wildman–Crippen MR) is 75.9 cm³/mol. The normalized spacial score (nSPS) is 11.1. The number of hydrogen-bond donors (Lipinski definition) is 0. The summed E-state index contributed by atoms with van der Waals surface area (Å²) >= 11 is 3.81. The largest absolute Gasteiger partial charge is 0.222 e. The maximum Gasteiger partial charge on any atom is 0.199 e. The van der Waals surface area contributed by atoms with Crippen molar-refractivity contribution in [1.29, 1.82) is 0 Å². The quantitative estimate of drug-likeness (QED) is 0.399. The maximum atomic E-state index is 11.7. The Balaban J connectivity index is 0.00000169. The first-order valence-corrected chi connectivity index (χ1v) is 7.57. The minimum absolute atomic E-state index is 0. The molecule has 2 nitrogen and oxygen atoms in total. The van der Waals surface area contributed by atoms with E-state index in [0.29, 0.717) is 4.90 Å². The summed E-state index contributed by atoms with van der Waals surface area (Å²) in [5.74, 6) is 0. The van der Waals surface area contributed by atoms with E-state index in [1.165, 1.54) is 0 Å². The molecule has 0 fully saturated rings. The van der Waals surface area contributed by atoms with Gasteiger partial charge in [-0.15, -0.1) is 0 Å². The van der Waals surface area contributed by atoms with E-state index in [9.17, 15) is 8.42 Å². The van der Waals surface area contributed by atoms with E-state index in [1.54, 1.807) is 12.1 Å². The van der Waals surface area contributed by atoms with Gasteiger partial charge in [0.15, 0.2) is 11.1 Å². The molecule has 0 aliphatic rings. The zero-order valence-corrected chi connectivity index (χ0v) is 15.0. The van der Waals surface area contributed by atoms with Gasteiger partial charge in [-0.25, -0.2) is 8.42 Å². The first-order chi connectivity index (χ1) is 5.96. The van der Waals surface area contributed by atoms with Crippen molar-refractivity contribution in [2.45, 2.75) is 13.1 Å². The zero-order chi connectivity index (χ0) is 10.1. The summed E-state index contributed by atoms with van der Waals surface area (Å²) in [6, 6.07) is 7.04. The predicted octanol–water partition coefficient (Wildman–Crippen LogP) is 2.54. The molecule has 0 amide bonds. The van der Waals surface area contributed by atoms with Crippen molar-refractivity contribution >= 4 is 84.6 Å². The fourth-order valence-corrected chi connectivity index (χ4v) is 3.59. The molecule has 14 heavy (non-hydrogen) atoms. The third-order valence-electron chi connectivity index (χ3n) is 1.63. The Kier molecular flexibility index (Phi) is 7.13. The van der Waals surface area contributed by atoms with Gasteiger partial charge in [0.25, 0.3) is 0 Å². The van der Waals surface area contributed by atoms with Gasteiger partial charge in [-0.3, -0.25) is 0 Å². The number of aryl methyl sites for hydroxylation is 1. The molecule has 0 N–H and O–H groups in total. The van der Waals surface area contributed by atoms with Crippen LogP contribution < -0.4 is 0 Å². The van der Waals surface area contributed by atoms with Crippen molar-refractivity contribution < 1.29 is 8.42 Å². The summed E-state index contributed by atoms with van der Waals surface area (Å²) in [4.78, 5) is 0.434. The smallest absolute Gasteiger partial charge is 0.199 e. The van der Waals surface area contributed by atoms with E-state index in [2.05, 4.69) is 0 Å². The van der Waals surface area contributed by atoms with Gasteiger partial charge >= 0.3 is 0 Å². The van der Waals surface area contributed by atoms with Gasteiger partial charge in [0.2, 0.25) is 0 Å². The van der Waals surface area contributed by atoms with Crippen LogP contribution in [0.15, 0.2) is 29.2 Å². The summed E-state index contributed by atoms with van der Waals surface area (Å²) in [6.45, 7) is 1.81. The number of sulfone groups is 1. The van der Waals surface area contributed by atoms with E-state index in [4.69, 9.17) is 0 Å². The molecule has 1 rings (SSSR count). The zero-order valence-electron chi connectivity index (χ0n) is 7.87. The molecule has 73 valence electrons. The Bertz CT molecular complexity index is 404. The van der Waals surface area contributed by atoms with Gasteiger partial charge in [-0.05, 0) is 18.6 Å².